The van der Waals surface area contributed by atoms with E-state index in [-0.39, 0.29) is 96.7 Å². The number of hydrogen-bond acceptors (Lipinski definition) is 10. The molecule has 3 aromatic carbocycles. The Hall–Kier alpha value is -1.56. The van der Waals surface area contributed by atoms with Gasteiger partial charge in [-0.25, -0.2) is 0 Å². The van der Waals surface area contributed by atoms with Crippen LogP contribution in [0.25, 0.3) is 0 Å². The number of phenols is 3. The predicted molar refractivity (Wildman–Crippen MR) is 352 cm³/mol. The van der Waals surface area contributed by atoms with Crippen molar-refractivity contribution in [2.24, 2.45) is 15.7 Å². The summed E-state index contributed by atoms with van der Waals surface area (Å²) in [7, 11) is 12.1. The molecule has 452 valence electrons. The van der Waals surface area contributed by atoms with Gasteiger partial charge in [-0.05, 0) is 110 Å². The molecule has 3 aromatic rings. The minimum atomic E-state index is -1.02. The quantitative estimate of drug-likeness (QED) is 0.0351. The number of phenolic OH excluding ortho intramolecular Hbond substituents is 3. The number of benzene rings is 3. The second kappa shape index (κ2) is 46.7. The fraction of sp³-hybridized carbons (Fsp3) is 0.631. The van der Waals surface area contributed by atoms with E-state index < -0.39 is 21.8 Å². The van der Waals surface area contributed by atoms with E-state index in [1.807, 2.05) is 88.5 Å². The molecule has 0 aliphatic heterocycles. The van der Waals surface area contributed by atoms with Crippen molar-refractivity contribution in [2.75, 3.05) is 86.0 Å². The first-order valence-electron chi connectivity index (χ1n) is 27.2. The van der Waals surface area contributed by atoms with E-state index in [9.17, 15) is 23.0 Å². The van der Waals surface area contributed by atoms with Gasteiger partial charge in [-0.1, -0.05) is 143 Å². The molecule has 0 heterocycles. The Morgan fingerprint density at radius 1 is 0.487 bits per heavy atom. The van der Waals surface area contributed by atoms with Crippen molar-refractivity contribution >= 4 is 40.5 Å². The van der Waals surface area contributed by atoms with Gasteiger partial charge >= 0.3 is 74.9 Å². The monoisotopic (exact) mass is 1390 g/mol. The van der Waals surface area contributed by atoms with Gasteiger partial charge < -0.3 is 56.5 Å². The van der Waals surface area contributed by atoms with Crippen LogP contribution in [0.5, 0.6) is 17.2 Å². The van der Waals surface area contributed by atoms with Crippen LogP contribution in [0.3, 0.4) is 0 Å². The second-order valence-corrected chi connectivity index (χ2v) is 27.4. The largest absolute Gasteiger partial charge is 2.00 e. The zero-order valence-electron chi connectivity index (χ0n) is 56.7. The normalized spacial score (nSPS) is 11.4. The van der Waals surface area contributed by atoms with Crippen LogP contribution >= 0.6 is 21.8 Å². The molecule has 80 heavy (non-hydrogen) atoms. The summed E-state index contributed by atoms with van der Waals surface area (Å²) in [4.78, 5) is 26.2. The average Bonchev–Trinajstić information content (AvgIpc) is 3.30. The fourth-order valence-corrected chi connectivity index (χ4v) is 6.37. The molecule has 0 atom stereocenters. The SMILES string of the molecule is CC(C)(C)c1cc(C=O)c(O)c(C(C)(C)C)c1.CC[IH]F.CN(C)CCN.CN(C)CCN=Cc1cc(C(C)(C)C)cc(C(C)(C)C)c1O.CN(C)CCN=Cc1cc(C(C)(C)C)cc(C(C)(C)C)c1O.[CH2-]C.[CH2-]C.[CH2-]C.[Zn+2].[Zn+2].[Zn]. The molecule has 0 aliphatic rings. The van der Waals surface area contributed by atoms with Gasteiger partial charge in [-0.3, -0.25) is 14.8 Å². The van der Waals surface area contributed by atoms with E-state index in [2.05, 4.69) is 174 Å². The smallest absolute Gasteiger partial charge is 0.507 e. The Labute approximate surface area is 543 Å². The number of aromatic hydroxyl groups is 3. The number of carbonyl (C=O) groups excluding carboxylic acids is 1. The molecule has 0 saturated heterocycles. The van der Waals surface area contributed by atoms with Gasteiger partial charge in [0, 0.05) is 85.9 Å². The number of likely N-dealkylation sites (N-methyl/N-ethyl adjacent to an activating group) is 3. The van der Waals surface area contributed by atoms with Gasteiger partial charge in [0.25, 0.3) is 0 Å². The van der Waals surface area contributed by atoms with Gasteiger partial charge in [-0.2, -0.15) is 20.8 Å². The standard InChI is InChI=1S/2C19H32N2O.C15H22O2.C4H12N2.C2H6FI.3C2H5.3Zn/c2*1-18(2,3)15-11-14(13-20-9-10-21(7)8)17(22)16(12-15)19(4,5)6;1-14(2,3)11-7-10(9-16)13(17)12(8-11)15(4,5)6;1-6(2)4-3-5;1-2-4-3;3*1-2;;;/h2*11-13,22H,9-10H2,1-8H3;7-9,17H,1-6H3;3-5H2,1-2H3;4H,2H2,1H3;3*1H2,2H3;;;/q;;;;;3*-1;;2*+2. The van der Waals surface area contributed by atoms with Gasteiger partial charge in [0.15, 0.2) is 6.29 Å². The van der Waals surface area contributed by atoms with E-state index in [0.717, 1.165) is 83.4 Å². The summed E-state index contributed by atoms with van der Waals surface area (Å²) in [6.45, 7) is 60.2. The molecule has 10 nitrogen and oxygen atoms in total. The molecule has 0 radical (unpaired) electrons. The number of rotatable bonds is 12. The summed E-state index contributed by atoms with van der Waals surface area (Å²) in [5, 5.41) is 31.3. The summed E-state index contributed by atoms with van der Waals surface area (Å²) in [6.07, 6.45) is 4.34. The van der Waals surface area contributed by atoms with Crippen LogP contribution in [0.2, 0.25) is 0 Å². The van der Waals surface area contributed by atoms with Gasteiger partial charge in [0.2, 0.25) is 0 Å². The number of aldehydes is 1. The Morgan fingerprint density at radius 3 is 0.875 bits per heavy atom. The van der Waals surface area contributed by atoms with Gasteiger partial charge in [0.1, 0.15) is 17.2 Å². The predicted octanol–water partition coefficient (Wildman–Crippen LogP) is 15.3. The summed E-state index contributed by atoms with van der Waals surface area (Å²) < 4.78 is 11.6. The molecule has 0 unspecified atom stereocenters. The number of hydrogen-bond donors (Lipinski definition) is 4. The summed E-state index contributed by atoms with van der Waals surface area (Å²) >= 11 is -1.02. The van der Waals surface area contributed by atoms with Crippen molar-refractivity contribution in [3.8, 4) is 17.2 Å². The zero-order chi connectivity index (χ0) is 62.1. The molecule has 0 fully saturated rings. The van der Waals surface area contributed by atoms with Crippen LogP contribution < -0.4 is 5.73 Å². The number of alkyl halides is 1. The van der Waals surface area contributed by atoms with Gasteiger partial charge in [-0.15, -0.1) is 0 Å². The van der Waals surface area contributed by atoms with Crippen molar-refractivity contribution in [3.63, 3.8) is 0 Å². The van der Waals surface area contributed by atoms with Crippen LogP contribution in [-0.4, -0.2) is 135 Å². The molecule has 0 saturated carbocycles. The minimum absolute atomic E-state index is 0. The van der Waals surface area contributed by atoms with E-state index in [0.29, 0.717) is 17.1 Å². The van der Waals surface area contributed by atoms with Crippen molar-refractivity contribution < 1.29 is 81.4 Å². The Morgan fingerprint density at radius 2 is 0.713 bits per heavy atom. The first-order valence-corrected chi connectivity index (χ1v) is 29.7. The molecular formula is C65H119FIN6O4Zn3+. The molecule has 3 rings (SSSR count). The Bertz CT molecular complexity index is 2010. The zero-order valence-corrected chi connectivity index (χ0v) is 68.0. The van der Waals surface area contributed by atoms with Crippen molar-refractivity contribution in [1.82, 2.24) is 14.7 Å². The van der Waals surface area contributed by atoms with Crippen molar-refractivity contribution in [2.45, 2.75) is 185 Å². The molecule has 0 spiro atoms. The van der Waals surface area contributed by atoms with Crippen LogP contribution in [-0.2, 0) is 90.9 Å². The van der Waals surface area contributed by atoms with Crippen LogP contribution in [0.4, 0.5) is 2.86 Å². The summed E-state index contributed by atoms with van der Waals surface area (Å²) in [5.41, 5.74) is 13.2. The third kappa shape index (κ3) is 41.5. The number of carbonyl (C=O) groups is 1. The number of halogens is 2. The van der Waals surface area contributed by atoms with Crippen molar-refractivity contribution in [1.29, 1.82) is 0 Å². The third-order valence-electron chi connectivity index (χ3n) is 11.1. The van der Waals surface area contributed by atoms with E-state index in [4.69, 9.17) is 5.73 Å². The average molecular weight is 1390 g/mol. The van der Waals surface area contributed by atoms with Crippen LogP contribution in [0, 0.1) is 20.8 Å². The maximum atomic E-state index is 11.0. The molecule has 15 heteroatoms. The summed E-state index contributed by atoms with van der Waals surface area (Å²) in [5.74, 6) is 0.823. The molecule has 0 aromatic heterocycles. The van der Waals surface area contributed by atoms with Crippen LogP contribution in [0.1, 0.15) is 207 Å². The second-order valence-electron chi connectivity index (χ2n) is 25.2. The van der Waals surface area contributed by atoms with E-state index in [1.165, 1.54) is 11.1 Å². The maximum Gasteiger partial charge on any atom is 2.00 e. The van der Waals surface area contributed by atoms with E-state index >= 15 is 0 Å². The van der Waals surface area contributed by atoms with Gasteiger partial charge in [0.05, 0.1) is 18.7 Å². The van der Waals surface area contributed by atoms with Crippen molar-refractivity contribution in [3.05, 3.63) is 107 Å². The topological polar surface area (TPSA) is 138 Å². The Kier molecular flexibility index (Phi) is 55.3. The maximum absolute atomic E-state index is 11.0. The summed E-state index contributed by atoms with van der Waals surface area (Å²) in [6, 6.07) is 12.2. The molecule has 0 bridgehead atoms. The molecule has 5 N–H and O–H groups in total. The number of nitrogens with two attached hydrogens (primary N) is 1. The minimum Gasteiger partial charge on any atom is -0.507 e. The first kappa shape index (κ1) is 94.8. The fourth-order valence-electron chi connectivity index (χ4n) is 6.37. The molecule has 0 aliphatic carbocycles. The third-order valence-corrected chi connectivity index (χ3v) is 11.7. The Balaban J connectivity index is -0.000000141. The van der Waals surface area contributed by atoms with E-state index in [1.54, 1.807) is 26.8 Å². The first-order chi connectivity index (χ1) is 35.1. The van der Waals surface area contributed by atoms with Crippen LogP contribution in [0.15, 0.2) is 46.4 Å². The molecular weight excluding hydrogens is 1270 g/mol. The molecule has 0 amide bonds. The number of nitrogens with zero attached hydrogens (tertiary/aromatic N) is 5. The number of aliphatic imine (C=N–C) groups is 2.